The molecule has 11 atom stereocenters. The molecular weight excluding hydrogens is 1180 g/mol. The number of amides is 11. The Kier molecular flexibility index (Phi) is 25.6. The number of nitrogens with one attached hydrogen (secondary N) is 4. The third-order valence-corrected chi connectivity index (χ3v) is 21.1. The highest BCUT2D eigenvalue weighted by Gasteiger charge is 2.52. The lowest BCUT2D eigenvalue weighted by atomic mass is 9.74. The summed E-state index contributed by atoms with van der Waals surface area (Å²) in [4.78, 5) is 167. The molecule has 0 aromatic carbocycles. The van der Waals surface area contributed by atoms with Crippen molar-refractivity contribution in [3.8, 4) is 0 Å². The fourth-order valence-electron chi connectivity index (χ4n) is 14.1. The van der Waals surface area contributed by atoms with Gasteiger partial charge in [-0.05, 0) is 127 Å². The van der Waals surface area contributed by atoms with Crippen molar-refractivity contribution in [2.75, 3.05) is 68.5 Å². The number of alkyl halides is 4. The van der Waals surface area contributed by atoms with Crippen LogP contribution >= 0.6 is 11.6 Å². The fourth-order valence-corrected chi connectivity index (χ4v) is 14.6. The van der Waals surface area contributed by atoms with Gasteiger partial charge in [-0.25, -0.2) is 0 Å². The molecule has 4 N–H and O–H groups in total. The summed E-state index contributed by atoms with van der Waals surface area (Å²) in [5.41, 5.74) is -1.43. The van der Waals surface area contributed by atoms with Crippen LogP contribution in [0.15, 0.2) is 0 Å². The minimum absolute atomic E-state index is 0.0178. The third-order valence-electron chi connectivity index (χ3n) is 20.6. The van der Waals surface area contributed by atoms with E-state index >= 15 is 4.79 Å². The van der Waals surface area contributed by atoms with E-state index in [1.807, 2.05) is 6.92 Å². The number of fused-ring (bicyclic) bond motifs is 1. The van der Waals surface area contributed by atoms with Gasteiger partial charge in [-0.1, -0.05) is 65.7 Å². The number of rotatable bonds is 8. The second-order valence-electron chi connectivity index (χ2n) is 27.2. The first-order chi connectivity index (χ1) is 41.8. The summed E-state index contributed by atoms with van der Waals surface area (Å²) >= 11 is 6.36. The summed E-state index contributed by atoms with van der Waals surface area (Å²) < 4.78 is 41.7. The maximum absolute atomic E-state index is 15.0. The quantitative estimate of drug-likeness (QED) is 0.245. The van der Waals surface area contributed by atoms with Gasteiger partial charge in [-0.3, -0.25) is 52.7 Å². The molecular formula is C63H101ClF3N11O11. The molecule has 2 heterocycles. The Balaban J connectivity index is 1.32. The van der Waals surface area contributed by atoms with E-state index in [4.69, 9.17) is 11.6 Å². The number of carbonyl (C=O) groups excluding carboxylic acids is 11. The summed E-state index contributed by atoms with van der Waals surface area (Å²) in [5.74, 6) is -8.73. The first kappa shape index (κ1) is 72.3. The van der Waals surface area contributed by atoms with Crippen LogP contribution in [0.4, 0.5) is 13.2 Å². The van der Waals surface area contributed by atoms with Gasteiger partial charge >= 0.3 is 6.18 Å². The highest BCUT2D eigenvalue weighted by Crippen LogP contribution is 2.44. The molecule has 0 aromatic heterocycles. The Bertz CT molecular complexity index is 2560. The zero-order chi connectivity index (χ0) is 66.0. The standard InChI is InChI=1S/C63H101ClF3N11O11/c1-12-38(3)53-60(88)74(8)35-51(81)72(6)36-52(82)76(10)48(33-42-22-20-37(2)21-23-42)59(87)73(7)34-49(79)69-46(27-25-41-24-26-44(45(64)32-41)63(65,66)67)58(86)78-30-15-19-47(78)56(84)71-62(28-16-29-62)61(89)77(11)54(43-17-13-14-18-43)57(85)68-39(4)31-50(80)75(9)40(5)55(83)70-53/h37-48,53-54H,12-36H2,1-11H3,(H,68,85)(H,69,79)(H,70,83)(H,71,84)/t37?,38-,39+,40-,41?,42?,44?,45?,46-,47-,48-,53-,54-/m0/s1. The average Bonchev–Trinajstić information content (AvgIpc) is 3.49. The Labute approximate surface area is 528 Å². The normalized spacial score (nSPS) is 32.3. The summed E-state index contributed by atoms with van der Waals surface area (Å²) in [6.07, 6.45) is 4.10. The average molecular weight is 1280 g/mol. The molecule has 6 fully saturated rings. The summed E-state index contributed by atoms with van der Waals surface area (Å²) in [5, 5.41) is 10.4. The molecule has 2 aliphatic heterocycles. The van der Waals surface area contributed by atoms with Crippen LogP contribution in [0.3, 0.4) is 0 Å². The van der Waals surface area contributed by atoms with Crippen LogP contribution in [0.2, 0.25) is 0 Å². The van der Waals surface area contributed by atoms with E-state index < -0.39 is 156 Å². The molecule has 89 heavy (non-hydrogen) atoms. The summed E-state index contributed by atoms with van der Waals surface area (Å²) in [6, 6.07) is -7.45. The predicted molar refractivity (Wildman–Crippen MR) is 327 cm³/mol. The SMILES string of the molecule is CC[C@H](C)[C@@H]1NC(=O)[C@H](C)N(C)C(=O)C[C@@H](C)NC(=O)[C@H](C2CCCC2)N(C)C(=O)C2(CCC2)NC(=O)[C@@H]2CCCN2C(=O)[C@H](CCC2CCC(C(F)(F)F)C(Cl)C2)NC(=O)CN(C)C(=O)[C@H](CC2CCC(C)CC2)N(C)C(=O)CN(C)C(=O)CN(C)C1=O. The Morgan fingerprint density at radius 1 is 0.618 bits per heavy atom. The van der Waals surface area contributed by atoms with Gasteiger partial charge in [0.15, 0.2) is 0 Å². The van der Waals surface area contributed by atoms with Crippen LogP contribution in [0, 0.1) is 35.5 Å². The monoisotopic (exact) mass is 1280 g/mol. The van der Waals surface area contributed by atoms with E-state index in [9.17, 15) is 61.1 Å². The van der Waals surface area contributed by atoms with Gasteiger partial charge < -0.3 is 55.6 Å². The van der Waals surface area contributed by atoms with Crippen LogP contribution in [-0.4, -0.2) is 227 Å². The molecule has 6 aliphatic rings. The van der Waals surface area contributed by atoms with Crippen molar-refractivity contribution in [3.63, 3.8) is 0 Å². The second-order valence-corrected chi connectivity index (χ2v) is 27.8. The molecule has 11 amide bonds. The number of likely N-dealkylation sites (N-methyl/N-ethyl adjacent to an activating group) is 6. The maximum Gasteiger partial charge on any atom is 0.393 e. The van der Waals surface area contributed by atoms with Crippen molar-refractivity contribution in [3.05, 3.63) is 0 Å². The Morgan fingerprint density at radius 3 is 1.83 bits per heavy atom. The molecule has 0 bridgehead atoms. The predicted octanol–water partition coefficient (Wildman–Crippen LogP) is 4.59. The third kappa shape index (κ3) is 18.3. The van der Waals surface area contributed by atoms with Crippen LogP contribution in [-0.2, 0) is 52.7 Å². The van der Waals surface area contributed by atoms with E-state index in [0.29, 0.717) is 38.0 Å². The Morgan fingerprint density at radius 2 is 1.24 bits per heavy atom. The summed E-state index contributed by atoms with van der Waals surface area (Å²) in [6.45, 7) is 7.45. The maximum atomic E-state index is 15.0. The van der Waals surface area contributed by atoms with E-state index in [1.165, 1.54) is 68.8 Å². The first-order valence-electron chi connectivity index (χ1n) is 32.5. The Hall–Kier alpha value is -5.75. The summed E-state index contributed by atoms with van der Waals surface area (Å²) in [7, 11) is 8.61. The van der Waals surface area contributed by atoms with Crippen molar-refractivity contribution in [1.29, 1.82) is 0 Å². The van der Waals surface area contributed by atoms with Crippen LogP contribution in [0.25, 0.3) is 0 Å². The molecule has 26 heteroatoms. The molecule has 502 valence electrons. The molecule has 22 nitrogen and oxygen atoms in total. The van der Waals surface area contributed by atoms with Crippen LogP contribution in [0.5, 0.6) is 0 Å². The van der Waals surface area contributed by atoms with Crippen LogP contribution < -0.4 is 21.3 Å². The number of carbonyl (C=O) groups is 11. The van der Waals surface area contributed by atoms with E-state index in [-0.39, 0.29) is 88.5 Å². The van der Waals surface area contributed by atoms with Gasteiger partial charge in [0.05, 0.1) is 25.6 Å². The van der Waals surface area contributed by atoms with Gasteiger partial charge in [-0.2, -0.15) is 13.2 Å². The first-order valence-corrected chi connectivity index (χ1v) is 33.0. The molecule has 6 rings (SSSR count). The highest BCUT2D eigenvalue weighted by atomic mass is 35.5. The number of hydrogen-bond acceptors (Lipinski definition) is 11. The van der Waals surface area contributed by atoms with Crippen molar-refractivity contribution in [2.45, 2.75) is 229 Å². The molecule has 2 saturated heterocycles. The van der Waals surface area contributed by atoms with Crippen molar-refractivity contribution in [2.24, 2.45) is 35.5 Å². The second kappa shape index (κ2) is 31.5. The largest absolute Gasteiger partial charge is 0.393 e. The van der Waals surface area contributed by atoms with E-state index in [2.05, 4.69) is 28.2 Å². The van der Waals surface area contributed by atoms with Crippen LogP contribution in [0.1, 0.15) is 169 Å². The van der Waals surface area contributed by atoms with Crippen molar-refractivity contribution in [1.82, 2.24) is 55.6 Å². The number of halogens is 4. The van der Waals surface area contributed by atoms with Gasteiger partial charge in [0.2, 0.25) is 65.0 Å². The van der Waals surface area contributed by atoms with E-state index in [0.717, 1.165) is 53.2 Å². The van der Waals surface area contributed by atoms with Gasteiger partial charge in [0, 0.05) is 66.7 Å². The van der Waals surface area contributed by atoms with Crippen molar-refractivity contribution < 1.29 is 65.9 Å². The molecule has 4 saturated carbocycles. The van der Waals surface area contributed by atoms with Gasteiger partial charge in [-0.15, -0.1) is 11.6 Å². The minimum atomic E-state index is -4.49. The minimum Gasteiger partial charge on any atom is -0.351 e. The van der Waals surface area contributed by atoms with Crippen molar-refractivity contribution >= 4 is 76.6 Å². The molecule has 1 spiro atoms. The molecule has 3 unspecified atom stereocenters. The zero-order valence-electron chi connectivity index (χ0n) is 54.4. The zero-order valence-corrected chi connectivity index (χ0v) is 55.1. The number of nitrogens with zero attached hydrogens (tertiary/aromatic N) is 7. The molecule has 4 aliphatic carbocycles. The molecule has 0 radical (unpaired) electrons. The fraction of sp³-hybridized carbons (Fsp3) is 0.825. The lowest BCUT2D eigenvalue weighted by molar-refractivity contribution is -0.182. The topological polar surface area (TPSA) is 259 Å². The smallest absolute Gasteiger partial charge is 0.351 e. The van der Waals surface area contributed by atoms with E-state index in [1.54, 1.807) is 13.8 Å². The number of hydrogen-bond donors (Lipinski definition) is 4. The molecule has 0 aromatic rings. The van der Waals surface area contributed by atoms with Gasteiger partial charge in [0.25, 0.3) is 0 Å². The lowest BCUT2D eigenvalue weighted by Gasteiger charge is -2.46. The highest BCUT2D eigenvalue weighted by molar-refractivity contribution is 6.20. The van der Waals surface area contributed by atoms with Gasteiger partial charge in [0.1, 0.15) is 41.8 Å². The lowest BCUT2D eigenvalue weighted by Crippen LogP contribution is -2.68.